The van der Waals surface area contributed by atoms with E-state index in [4.69, 9.17) is 0 Å². The molecule has 1 aliphatic rings. The molecule has 2 heterocycles. The number of amides is 1. The highest BCUT2D eigenvalue weighted by Gasteiger charge is 2.23. The number of carbonyl (C=O) groups excluding carboxylic acids is 1. The van der Waals surface area contributed by atoms with Crippen LogP contribution in [0.3, 0.4) is 0 Å². The molecule has 0 aliphatic carbocycles. The zero-order chi connectivity index (χ0) is 14.8. The highest BCUT2D eigenvalue weighted by atomic mass is 32.1. The van der Waals surface area contributed by atoms with E-state index in [1.54, 1.807) is 5.51 Å². The lowest BCUT2D eigenvalue weighted by atomic mass is 10.2. The summed E-state index contributed by atoms with van der Waals surface area (Å²) in [5.41, 5.74) is 5.21. The highest BCUT2D eigenvalue weighted by Crippen LogP contribution is 2.28. The Morgan fingerprint density at radius 2 is 2.29 bits per heavy atom. The van der Waals surface area contributed by atoms with Gasteiger partial charge in [-0.1, -0.05) is 18.2 Å². The first-order chi connectivity index (χ1) is 10.2. The van der Waals surface area contributed by atoms with Crippen LogP contribution in [-0.4, -0.2) is 30.0 Å². The molecule has 4 nitrogen and oxygen atoms in total. The summed E-state index contributed by atoms with van der Waals surface area (Å²) in [5, 5.41) is 3.02. The zero-order valence-electron chi connectivity index (χ0n) is 12.3. The summed E-state index contributed by atoms with van der Waals surface area (Å²) < 4.78 is 0. The number of nitrogens with one attached hydrogen (secondary N) is 1. The molecule has 1 aliphatic heterocycles. The number of para-hydroxylation sites is 1. The Morgan fingerprint density at radius 1 is 1.48 bits per heavy atom. The molecular formula is C16H19N3OS. The van der Waals surface area contributed by atoms with Crippen molar-refractivity contribution in [2.75, 3.05) is 18.0 Å². The molecule has 0 radical (unpaired) electrons. The first-order valence-electron chi connectivity index (χ1n) is 7.19. The maximum atomic E-state index is 12.1. The summed E-state index contributed by atoms with van der Waals surface area (Å²) in [6.45, 7) is 5.69. The number of aryl methyl sites for hydroxylation is 1. The number of anilines is 1. The summed E-state index contributed by atoms with van der Waals surface area (Å²) in [7, 11) is 0. The van der Waals surface area contributed by atoms with Crippen molar-refractivity contribution in [3.05, 3.63) is 45.9 Å². The standard InChI is InChI=1S/C16H19N3OS/c1-11(9-17-16(20)15-12(2)18-10-21-15)19-8-7-13-5-3-4-6-14(13)19/h3-6,10-11H,7-9H2,1-2H3,(H,17,20). The minimum Gasteiger partial charge on any atom is -0.366 e. The SMILES string of the molecule is Cc1ncsc1C(=O)NCC(C)N1CCc2ccccc21. The number of carbonyl (C=O) groups is 1. The van der Waals surface area contributed by atoms with Crippen LogP contribution in [0.25, 0.3) is 0 Å². The Labute approximate surface area is 128 Å². The van der Waals surface area contributed by atoms with Crippen molar-refractivity contribution in [1.82, 2.24) is 10.3 Å². The van der Waals surface area contributed by atoms with Crippen LogP contribution in [0, 0.1) is 6.92 Å². The molecule has 1 aromatic heterocycles. The fraction of sp³-hybridized carbons (Fsp3) is 0.375. The van der Waals surface area contributed by atoms with Crippen molar-refractivity contribution < 1.29 is 4.79 Å². The number of fused-ring (bicyclic) bond motifs is 1. The molecule has 5 heteroatoms. The van der Waals surface area contributed by atoms with Crippen molar-refractivity contribution >= 4 is 22.9 Å². The molecule has 3 rings (SSSR count). The Bertz CT molecular complexity index is 652. The second kappa shape index (κ2) is 5.85. The van der Waals surface area contributed by atoms with Crippen LogP contribution in [0.15, 0.2) is 29.8 Å². The first kappa shape index (κ1) is 14.1. The number of thiazole rings is 1. The minimum atomic E-state index is -0.0191. The van der Waals surface area contributed by atoms with E-state index in [0.29, 0.717) is 11.4 Å². The fourth-order valence-corrected chi connectivity index (χ4v) is 3.49. The average Bonchev–Trinajstić information content (AvgIpc) is 3.10. The normalized spacial score (nSPS) is 14.9. The van der Waals surface area contributed by atoms with Gasteiger partial charge in [0.15, 0.2) is 0 Å². The number of rotatable bonds is 4. The van der Waals surface area contributed by atoms with Crippen molar-refractivity contribution in [3.8, 4) is 0 Å². The van der Waals surface area contributed by atoms with Crippen molar-refractivity contribution in [3.63, 3.8) is 0 Å². The Hall–Kier alpha value is -1.88. The Morgan fingerprint density at radius 3 is 3.05 bits per heavy atom. The molecule has 1 N–H and O–H groups in total. The highest BCUT2D eigenvalue weighted by molar-refractivity contribution is 7.11. The average molecular weight is 301 g/mol. The zero-order valence-corrected chi connectivity index (χ0v) is 13.1. The molecular weight excluding hydrogens is 282 g/mol. The predicted molar refractivity (Wildman–Crippen MR) is 86.1 cm³/mol. The molecule has 110 valence electrons. The lowest BCUT2D eigenvalue weighted by molar-refractivity contribution is 0.0955. The second-order valence-electron chi connectivity index (χ2n) is 5.40. The number of benzene rings is 1. The topological polar surface area (TPSA) is 45.2 Å². The molecule has 1 amide bonds. The summed E-state index contributed by atoms with van der Waals surface area (Å²) in [6.07, 6.45) is 1.09. The molecule has 0 bridgehead atoms. The summed E-state index contributed by atoms with van der Waals surface area (Å²) >= 11 is 1.39. The van der Waals surface area contributed by atoms with Crippen LogP contribution in [0.4, 0.5) is 5.69 Å². The third-order valence-electron chi connectivity index (χ3n) is 3.96. The molecule has 1 aromatic carbocycles. The van der Waals surface area contributed by atoms with Crippen LogP contribution >= 0.6 is 11.3 Å². The van der Waals surface area contributed by atoms with Gasteiger partial charge in [-0.2, -0.15) is 0 Å². The second-order valence-corrected chi connectivity index (χ2v) is 6.25. The summed E-state index contributed by atoms with van der Waals surface area (Å²) in [4.78, 5) is 19.3. The first-order valence-corrected chi connectivity index (χ1v) is 8.07. The molecule has 0 fully saturated rings. The molecule has 0 spiro atoms. The van der Waals surface area contributed by atoms with Crippen LogP contribution in [0.5, 0.6) is 0 Å². The number of nitrogens with zero attached hydrogens (tertiary/aromatic N) is 2. The fourth-order valence-electron chi connectivity index (χ4n) is 2.77. The number of aromatic nitrogens is 1. The van der Waals surface area contributed by atoms with Gasteiger partial charge in [-0.3, -0.25) is 4.79 Å². The minimum absolute atomic E-state index is 0.0191. The maximum Gasteiger partial charge on any atom is 0.263 e. The van der Waals surface area contributed by atoms with Gasteiger partial charge in [0.05, 0.1) is 11.2 Å². The molecule has 0 saturated heterocycles. The molecule has 21 heavy (non-hydrogen) atoms. The lowest BCUT2D eigenvalue weighted by Crippen LogP contribution is -2.41. The van der Waals surface area contributed by atoms with E-state index in [2.05, 4.69) is 46.4 Å². The van der Waals surface area contributed by atoms with E-state index in [-0.39, 0.29) is 11.9 Å². The molecule has 1 atom stereocenters. The van der Waals surface area contributed by atoms with E-state index in [0.717, 1.165) is 18.7 Å². The van der Waals surface area contributed by atoms with E-state index in [9.17, 15) is 4.79 Å². The largest absolute Gasteiger partial charge is 0.366 e. The van der Waals surface area contributed by atoms with Crippen LogP contribution in [0.2, 0.25) is 0 Å². The molecule has 0 saturated carbocycles. The monoisotopic (exact) mass is 301 g/mol. The van der Waals surface area contributed by atoms with Crippen LogP contribution in [-0.2, 0) is 6.42 Å². The Kier molecular flexibility index (Phi) is 3.92. The van der Waals surface area contributed by atoms with Gasteiger partial charge in [0.1, 0.15) is 4.88 Å². The lowest BCUT2D eigenvalue weighted by Gasteiger charge is -2.27. The number of hydrogen-bond acceptors (Lipinski definition) is 4. The Balaban J connectivity index is 1.62. The third-order valence-corrected chi connectivity index (χ3v) is 4.89. The van der Waals surface area contributed by atoms with Gasteiger partial charge in [0, 0.05) is 24.8 Å². The van der Waals surface area contributed by atoms with Gasteiger partial charge in [0.25, 0.3) is 5.91 Å². The summed E-state index contributed by atoms with van der Waals surface area (Å²) in [6, 6.07) is 8.78. The van der Waals surface area contributed by atoms with E-state index in [1.165, 1.54) is 22.6 Å². The van der Waals surface area contributed by atoms with Gasteiger partial charge in [0.2, 0.25) is 0 Å². The smallest absolute Gasteiger partial charge is 0.263 e. The molecule has 2 aromatic rings. The van der Waals surface area contributed by atoms with E-state index < -0.39 is 0 Å². The van der Waals surface area contributed by atoms with Crippen LogP contribution < -0.4 is 10.2 Å². The quantitative estimate of drug-likeness (QED) is 0.944. The predicted octanol–water partition coefficient (Wildman–Crippen LogP) is 2.63. The third kappa shape index (κ3) is 2.78. The maximum absolute atomic E-state index is 12.1. The molecule has 1 unspecified atom stereocenters. The van der Waals surface area contributed by atoms with Gasteiger partial charge >= 0.3 is 0 Å². The van der Waals surface area contributed by atoms with Crippen molar-refractivity contribution in [1.29, 1.82) is 0 Å². The van der Waals surface area contributed by atoms with Gasteiger partial charge < -0.3 is 10.2 Å². The van der Waals surface area contributed by atoms with E-state index >= 15 is 0 Å². The van der Waals surface area contributed by atoms with Gasteiger partial charge in [-0.15, -0.1) is 11.3 Å². The summed E-state index contributed by atoms with van der Waals surface area (Å²) in [5.74, 6) is -0.0191. The van der Waals surface area contributed by atoms with Crippen molar-refractivity contribution in [2.45, 2.75) is 26.3 Å². The van der Waals surface area contributed by atoms with Crippen molar-refractivity contribution in [2.24, 2.45) is 0 Å². The van der Waals surface area contributed by atoms with Crippen LogP contribution in [0.1, 0.15) is 27.9 Å². The van der Waals surface area contributed by atoms with E-state index in [1.807, 2.05) is 6.92 Å². The van der Waals surface area contributed by atoms with Gasteiger partial charge in [-0.25, -0.2) is 4.98 Å². The number of hydrogen-bond donors (Lipinski definition) is 1. The van der Waals surface area contributed by atoms with Gasteiger partial charge in [-0.05, 0) is 31.9 Å².